The van der Waals surface area contributed by atoms with Gasteiger partial charge in [-0.25, -0.2) is 4.98 Å². The summed E-state index contributed by atoms with van der Waals surface area (Å²) in [6.07, 6.45) is 3.26. The van der Waals surface area contributed by atoms with Crippen LogP contribution in [0.4, 0.5) is 0 Å². The zero-order valence-corrected chi connectivity index (χ0v) is 17.3. The largest absolute Gasteiger partial charge is 0.362 e. The second kappa shape index (κ2) is 8.96. The van der Waals surface area contributed by atoms with Crippen LogP contribution in [0.25, 0.3) is 11.1 Å². The van der Waals surface area contributed by atoms with E-state index in [0.29, 0.717) is 17.2 Å². The van der Waals surface area contributed by atoms with Crippen LogP contribution in [0.2, 0.25) is 5.02 Å². The van der Waals surface area contributed by atoms with E-state index in [0.717, 1.165) is 27.9 Å². The van der Waals surface area contributed by atoms with E-state index < -0.39 is 0 Å². The standard InChI is InChI=1S/C25H20ClN3O/c1-29-17-28-15-24(29)25(19-11-9-18(14-27)10-12-19)30-16-21-5-2-3-8-23(21)20-6-4-7-22(26)13-20/h2-13,15,17,25H,16H2,1H3. The molecule has 30 heavy (non-hydrogen) atoms. The number of aromatic nitrogens is 2. The number of benzene rings is 3. The number of nitrogens with zero attached hydrogens (tertiary/aromatic N) is 3. The van der Waals surface area contributed by atoms with E-state index in [1.165, 1.54) is 0 Å². The molecule has 0 aliphatic carbocycles. The number of hydrogen-bond acceptors (Lipinski definition) is 3. The highest BCUT2D eigenvalue weighted by Gasteiger charge is 2.19. The lowest BCUT2D eigenvalue weighted by molar-refractivity contribution is 0.0624. The van der Waals surface area contributed by atoms with Gasteiger partial charge in [0.05, 0.1) is 36.5 Å². The highest BCUT2D eigenvalue weighted by molar-refractivity contribution is 6.30. The Bertz CT molecular complexity index is 1190. The molecule has 0 aliphatic heterocycles. The van der Waals surface area contributed by atoms with Gasteiger partial charge in [0.1, 0.15) is 6.10 Å². The Hall–Kier alpha value is -3.39. The molecule has 148 valence electrons. The first kappa shape index (κ1) is 19.9. The summed E-state index contributed by atoms with van der Waals surface area (Å²) in [6, 6.07) is 25.6. The van der Waals surface area contributed by atoms with Crippen LogP contribution < -0.4 is 0 Å². The summed E-state index contributed by atoms with van der Waals surface area (Å²) in [7, 11) is 1.95. The zero-order chi connectivity index (χ0) is 20.9. The monoisotopic (exact) mass is 413 g/mol. The SMILES string of the molecule is Cn1cncc1C(OCc1ccccc1-c1cccc(Cl)c1)c1ccc(C#N)cc1. The smallest absolute Gasteiger partial charge is 0.124 e. The first-order valence-electron chi connectivity index (χ1n) is 9.57. The second-order valence-electron chi connectivity index (χ2n) is 7.02. The maximum atomic E-state index is 9.10. The van der Waals surface area contributed by atoms with Gasteiger partial charge in [-0.15, -0.1) is 0 Å². The third-order valence-corrected chi connectivity index (χ3v) is 5.26. The molecule has 0 bridgehead atoms. The van der Waals surface area contributed by atoms with Crippen LogP contribution in [0.5, 0.6) is 0 Å². The minimum atomic E-state index is -0.308. The molecule has 4 rings (SSSR count). The molecule has 0 radical (unpaired) electrons. The van der Waals surface area contributed by atoms with Crippen molar-refractivity contribution in [2.75, 3.05) is 0 Å². The lowest BCUT2D eigenvalue weighted by atomic mass is 10.00. The lowest BCUT2D eigenvalue weighted by Crippen LogP contribution is -2.11. The summed E-state index contributed by atoms with van der Waals surface area (Å²) >= 11 is 6.20. The first-order chi connectivity index (χ1) is 14.7. The average molecular weight is 414 g/mol. The van der Waals surface area contributed by atoms with Crippen molar-refractivity contribution in [3.8, 4) is 17.2 Å². The molecule has 0 amide bonds. The molecule has 3 aromatic carbocycles. The normalized spacial score (nSPS) is 11.8. The predicted octanol–water partition coefficient (Wildman–Crippen LogP) is 5.92. The van der Waals surface area contributed by atoms with E-state index in [1.807, 2.05) is 78.5 Å². The van der Waals surface area contributed by atoms with Gasteiger partial charge in [-0.05, 0) is 46.5 Å². The molecule has 1 atom stereocenters. The quantitative estimate of drug-likeness (QED) is 0.394. The van der Waals surface area contributed by atoms with Crippen molar-refractivity contribution in [2.45, 2.75) is 12.7 Å². The fourth-order valence-electron chi connectivity index (χ4n) is 3.46. The van der Waals surface area contributed by atoms with Crippen LogP contribution in [0, 0.1) is 11.3 Å². The number of imidazole rings is 1. The van der Waals surface area contributed by atoms with Crippen molar-refractivity contribution >= 4 is 11.6 Å². The van der Waals surface area contributed by atoms with E-state index in [4.69, 9.17) is 21.6 Å². The number of rotatable bonds is 6. The predicted molar refractivity (Wildman–Crippen MR) is 118 cm³/mol. The van der Waals surface area contributed by atoms with Gasteiger partial charge in [-0.1, -0.05) is 60.1 Å². The zero-order valence-electron chi connectivity index (χ0n) is 16.5. The van der Waals surface area contributed by atoms with Crippen molar-refractivity contribution in [3.05, 3.63) is 113 Å². The minimum absolute atomic E-state index is 0.308. The Morgan fingerprint density at radius 2 is 1.87 bits per heavy atom. The van der Waals surface area contributed by atoms with Crippen molar-refractivity contribution in [2.24, 2.45) is 7.05 Å². The fraction of sp³-hybridized carbons (Fsp3) is 0.120. The average Bonchev–Trinajstić information content (AvgIpc) is 3.20. The summed E-state index contributed by atoms with van der Waals surface area (Å²) < 4.78 is 8.38. The Kier molecular flexibility index (Phi) is 5.94. The van der Waals surface area contributed by atoms with E-state index in [1.54, 1.807) is 6.33 Å². The summed E-state index contributed by atoms with van der Waals surface area (Å²) in [5, 5.41) is 9.80. The van der Waals surface area contributed by atoms with Gasteiger partial charge in [-0.3, -0.25) is 0 Å². The lowest BCUT2D eigenvalue weighted by Gasteiger charge is -2.20. The summed E-state index contributed by atoms with van der Waals surface area (Å²) in [4.78, 5) is 4.25. The molecular formula is C25H20ClN3O. The van der Waals surface area contributed by atoms with Gasteiger partial charge in [0.2, 0.25) is 0 Å². The van der Waals surface area contributed by atoms with E-state index >= 15 is 0 Å². The van der Waals surface area contributed by atoms with E-state index in [2.05, 4.69) is 23.2 Å². The highest BCUT2D eigenvalue weighted by atomic mass is 35.5. The Morgan fingerprint density at radius 3 is 2.57 bits per heavy atom. The second-order valence-corrected chi connectivity index (χ2v) is 7.46. The van der Waals surface area contributed by atoms with Gasteiger partial charge in [0, 0.05) is 12.1 Å². The van der Waals surface area contributed by atoms with E-state index in [9.17, 15) is 0 Å². The van der Waals surface area contributed by atoms with Gasteiger partial charge in [0.15, 0.2) is 0 Å². The molecule has 0 N–H and O–H groups in total. The van der Waals surface area contributed by atoms with Crippen LogP contribution in [0.1, 0.15) is 28.5 Å². The maximum Gasteiger partial charge on any atom is 0.124 e. The van der Waals surface area contributed by atoms with Crippen molar-refractivity contribution in [3.63, 3.8) is 0 Å². The number of aryl methyl sites for hydroxylation is 1. The van der Waals surface area contributed by atoms with Gasteiger partial charge >= 0.3 is 0 Å². The third-order valence-electron chi connectivity index (χ3n) is 5.02. The molecule has 4 aromatic rings. The fourth-order valence-corrected chi connectivity index (χ4v) is 3.65. The number of ether oxygens (including phenoxy) is 1. The molecule has 1 aromatic heterocycles. The van der Waals surface area contributed by atoms with Crippen LogP contribution >= 0.6 is 11.6 Å². The Balaban J connectivity index is 1.65. The topological polar surface area (TPSA) is 50.8 Å². The van der Waals surface area contributed by atoms with Gasteiger partial charge < -0.3 is 9.30 Å². The summed E-state index contributed by atoms with van der Waals surface area (Å²) in [5.41, 5.74) is 5.74. The Morgan fingerprint density at radius 1 is 1.07 bits per heavy atom. The molecule has 1 heterocycles. The number of halogens is 1. The third kappa shape index (κ3) is 4.28. The highest BCUT2D eigenvalue weighted by Crippen LogP contribution is 2.31. The molecule has 0 fully saturated rings. The van der Waals surface area contributed by atoms with E-state index in [-0.39, 0.29) is 6.10 Å². The molecule has 0 saturated heterocycles. The molecule has 0 saturated carbocycles. The molecular weight excluding hydrogens is 394 g/mol. The molecule has 0 spiro atoms. The van der Waals surface area contributed by atoms with Crippen LogP contribution in [0.3, 0.4) is 0 Å². The van der Waals surface area contributed by atoms with Crippen molar-refractivity contribution < 1.29 is 4.74 Å². The van der Waals surface area contributed by atoms with Gasteiger partial charge in [0.25, 0.3) is 0 Å². The molecule has 0 aliphatic rings. The minimum Gasteiger partial charge on any atom is -0.362 e. The first-order valence-corrected chi connectivity index (χ1v) is 9.95. The summed E-state index contributed by atoms with van der Waals surface area (Å²) in [5.74, 6) is 0. The number of hydrogen-bond donors (Lipinski definition) is 0. The van der Waals surface area contributed by atoms with Crippen molar-refractivity contribution in [1.29, 1.82) is 5.26 Å². The van der Waals surface area contributed by atoms with Crippen LogP contribution in [-0.4, -0.2) is 9.55 Å². The van der Waals surface area contributed by atoms with Gasteiger partial charge in [-0.2, -0.15) is 5.26 Å². The molecule has 1 unspecified atom stereocenters. The maximum absolute atomic E-state index is 9.10. The molecule has 4 nitrogen and oxygen atoms in total. The van der Waals surface area contributed by atoms with Crippen LogP contribution in [-0.2, 0) is 18.4 Å². The van der Waals surface area contributed by atoms with Crippen LogP contribution in [0.15, 0.2) is 85.3 Å². The van der Waals surface area contributed by atoms with Crippen molar-refractivity contribution in [1.82, 2.24) is 9.55 Å². The number of nitriles is 1. The summed E-state index contributed by atoms with van der Waals surface area (Å²) in [6.45, 7) is 0.415. The molecule has 5 heteroatoms. The Labute approximate surface area is 181 Å².